The molecular formula is C13H22N2O2. The molecule has 0 spiro atoms. The van der Waals surface area contributed by atoms with E-state index in [9.17, 15) is 4.79 Å². The van der Waals surface area contributed by atoms with Crippen LogP contribution in [0, 0.1) is 5.92 Å². The van der Waals surface area contributed by atoms with Crippen molar-refractivity contribution in [1.29, 1.82) is 0 Å². The molecule has 17 heavy (non-hydrogen) atoms. The normalized spacial score (nSPS) is 41.2. The van der Waals surface area contributed by atoms with Crippen LogP contribution >= 0.6 is 0 Å². The summed E-state index contributed by atoms with van der Waals surface area (Å²) in [5.74, 6) is 1.04. The monoisotopic (exact) mass is 238 g/mol. The Bertz CT molecular complexity index is 304. The molecule has 4 heteroatoms. The van der Waals surface area contributed by atoms with E-state index in [2.05, 4.69) is 10.2 Å². The minimum atomic E-state index is 0.0272. The van der Waals surface area contributed by atoms with E-state index in [-0.39, 0.29) is 6.04 Å². The number of rotatable bonds is 3. The molecule has 2 heterocycles. The fourth-order valence-corrected chi connectivity index (χ4v) is 3.52. The lowest BCUT2D eigenvalue weighted by atomic mass is 9.97. The predicted molar refractivity (Wildman–Crippen MR) is 64.7 cm³/mol. The molecule has 4 atom stereocenters. The first-order valence-corrected chi connectivity index (χ1v) is 6.89. The van der Waals surface area contributed by atoms with Crippen LogP contribution in [0.25, 0.3) is 0 Å². The fraction of sp³-hybridized carbons (Fsp3) is 0.923. The molecule has 3 fully saturated rings. The molecule has 0 aromatic heterocycles. The van der Waals surface area contributed by atoms with E-state index >= 15 is 0 Å². The van der Waals surface area contributed by atoms with Gasteiger partial charge < -0.3 is 15.0 Å². The third kappa shape index (κ3) is 2.20. The number of carbonyl (C=O) groups excluding carboxylic acids is 1. The zero-order valence-corrected chi connectivity index (χ0v) is 10.5. The van der Waals surface area contributed by atoms with E-state index in [1.54, 1.807) is 0 Å². The van der Waals surface area contributed by atoms with Gasteiger partial charge in [0, 0.05) is 12.6 Å². The molecule has 1 aliphatic carbocycles. The highest BCUT2D eigenvalue weighted by Gasteiger charge is 2.42. The van der Waals surface area contributed by atoms with Gasteiger partial charge in [-0.25, -0.2) is 0 Å². The van der Waals surface area contributed by atoms with E-state index in [1.165, 1.54) is 25.7 Å². The molecule has 1 N–H and O–H groups in total. The Labute approximate surface area is 103 Å². The van der Waals surface area contributed by atoms with Gasteiger partial charge in [0.05, 0.1) is 18.8 Å². The average molecular weight is 238 g/mol. The van der Waals surface area contributed by atoms with Gasteiger partial charge in [-0.1, -0.05) is 6.42 Å². The van der Waals surface area contributed by atoms with Gasteiger partial charge in [0.25, 0.3) is 0 Å². The molecule has 1 amide bonds. The Morgan fingerprint density at radius 1 is 1.35 bits per heavy atom. The Morgan fingerprint density at radius 2 is 2.18 bits per heavy atom. The van der Waals surface area contributed by atoms with Crippen LogP contribution in [-0.2, 0) is 9.53 Å². The van der Waals surface area contributed by atoms with Crippen LogP contribution < -0.4 is 5.32 Å². The molecule has 0 aromatic carbocycles. The maximum atomic E-state index is 12.5. The average Bonchev–Trinajstić information content (AvgIpc) is 3.06. The fourth-order valence-electron chi connectivity index (χ4n) is 3.52. The smallest absolute Gasteiger partial charge is 0.240 e. The lowest BCUT2D eigenvalue weighted by Crippen LogP contribution is -2.49. The number of likely N-dealkylation sites (N-methyl/N-ethyl adjacent to an activating group) is 1. The van der Waals surface area contributed by atoms with Crippen molar-refractivity contribution in [2.45, 2.75) is 50.3 Å². The van der Waals surface area contributed by atoms with Crippen molar-refractivity contribution >= 4 is 5.91 Å². The van der Waals surface area contributed by atoms with E-state index in [4.69, 9.17) is 4.74 Å². The van der Waals surface area contributed by atoms with Crippen molar-refractivity contribution in [2.75, 3.05) is 20.2 Å². The number of hydrogen-bond acceptors (Lipinski definition) is 3. The molecule has 4 unspecified atom stereocenters. The van der Waals surface area contributed by atoms with Gasteiger partial charge in [-0.05, 0) is 38.6 Å². The maximum absolute atomic E-state index is 12.5. The molecule has 0 radical (unpaired) electrons. The highest BCUT2D eigenvalue weighted by molar-refractivity contribution is 5.82. The Kier molecular flexibility index (Phi) is 3.09. The SMILES string of the molecule is CNC1CCC2CCCC2N(CC2CO2)C1=O. The third-order valence-electron chi connectivity index (χ3n) is 4.58. The van der Waals surface area contributed by atoms with Gasteiger partial charge >= 0.3 is 0 Å². The van der Waals surface area contributed by atoms with Crippen LogP contribution in [0.3, 0.4) is 0 Å². The van der Waals surface area contributed by atoms with Crippen molar-refractivity contribution in [1.82, 2.24) is 10.2 Å². The summed E-state index contributed by atoms with van der Waals surface area (Å²) in [6.45, 7) is 1.66. The predicted octanol–water partition coefficient (Wildman–Crippen LogP) is 0.764. The quantitative estimate of drug-likeness (QED) is 0.738. The Morgan fingerprint density at radius 3 is 2.88 bits per heavy atom. The van der Waals surface area contributed by atoms with E-state index in [0.29, 0.717) is 18.1 Å². The van der Waals surface area contributed by atoms with E-state index in [0.717, 1.165) is 25.5 Å². The summed E-state index contributed by atoms with van der Waals surface area (Å²) in [6.07, 6.45) is 6.30. The molecule has 3 aliphatic rings. The van der Waals surface area contributed by atoms with Crippen LogP contribution in [-0.4, -0.2) is 49.2 Å². The van der Waals surface area contributed by atoms with E-state index in [1.807, 2.05) is 7.05 Å². The largest absolute Gasteiger partial charge is 0.371 e. The number of nitrogens with zero attached hydrogens (tertiary/aromatic N) is 1. The van der Waals surface area contributed by atoms with Crippen molar-refractivity contribution in [3.8, 4) is 0 Å². The summed E-state index contributed by atoms with van der Waals surface area (Å²) >= 11 is 0. The number of epoxide rings is 1. The number of amides is 1. The van der Waals surface area contributed by atoms with Gasteiger partial charge in [-0.3, -0.25) is 4.79 Å². The first kappa shape index (κ1) is 11.5. The molecule has 96 valence electrons. The van der Waals surface area contributed by atoms with Crippen LogP contribution in [0.2, 0.25) is 0 Å². The second-order valence-electron chi connectivity index (χ2n) is 5.62. The Hall–Kier alpha value is -0.610. The first-order valence-electron chi connectivity index (χ1n) is 6.89. The maximum Gasteiger partial charge on any atom is 0.240 e. The van der Waals surface area contributed by atoms with Gasteiger partial charge in [0.15, 0.2) is 0 Å². The van der Waals surface area contributed by atoms with Crippen molar-refractivity contribution < 1.29 is 9.53 Å². The number of fused-ring (bicyclic) bond motifs is 1. The zero-order chi connectivity index (χ0) is 11.8. The van der Waals surface area contributed by atoms with Crippen molar-refractivity contribution in [3.63, 3.8) is 0 Å². The lowest BCUT2D eigenvalue weighted by molar-refractivity contribution is -0.135. The summed E-state index contributed by atoms with van der Waals surface area (Å²) in [5.41, 5.74) is 0. The molecule has 2 saturated heterocycles. The zero-order valence-electron chi connectivity index (χ0n) is 10.5. The number of hydrogen-bond donors (Lipinski definition) is 1. The van der Waals surface area contributed by atoms with Crippen molar-refractivity contribution in [3.05, 3.63) is 0 Å². The highest BCUT2D eigenvalue weighted by Crippen LogP contribution is 2.37. The van der Waals surface area contributed by atoms with Crippen LogP contribution in [0.5, 0.6) is 0 Å². The summed E-state index contributed by atoms with van der Waals surface area (Å²) in [4.78, 5) is 14.6. The molecule has 0 bridgehead atoms. The van der Waals surface area contributed by atoms with Gasteiger partial charge in [0.1, 0.15) is 0 Å². The second-order valence-corrected chi connectivity index (χ2v) is 5.62. The van der Waals surface area contributed by atoms with E-state index < -0.39 is 0 Å². The number of ether oxygens (including phenoxy) is 1. The number of carbonyl (C=O) groups is 1. The second kappa shape index (κ2) is 4.58. The first-order chi connectivity index (χ1) is 8.29. The number of nitrogens with one attached hydrogen (secondary N) is 1. The minimum absolute atomic E-state index is 0.0272. The number of likely N-dealkylation sites (tertiary alicyclic amines) is 1. The summed E-state index contributed by atoms with van der Waals surface area (Å²) < 4.78 is 5.30. The highest BCUT2D eigenvalue weighted by atomic mass is 16.6. The summed E-state index contributed by atoms with van der Waals surface area (Å²) in [7, 11) is 1.90. The molecule has 2 aliphatic heterocycles. The molecule has 0 aromatic rings. The van der Waals surface area contributed by atoms with Crippen LogP contribution in [0.1, 0.15) is 32.1 Å². The lowest BCUT2D eigenvalue weighted by Gasteiger charge is -2.31. The van der Waals surface area contributed by atoms with Gasteiger partial charge in [-0.2, -0.15) is 0 Å². The summed E-state index contributed by atoms with van der Waals surface area (Å²) in [6, 6.07) is 0.518. The third-order valence-corrected chi connectivity index (χ3v) is 4.58. The van der Waals surface area contributed by atoms with Crippen molar-refractivity contribution in [2.24, 2.45) is 5.92 Å². The van der Waals surface area contributed by atoms with Gasteiger partial charge in [0.2, 0.25) is 5.91 Å². The molecule has 1 saturated carbocycles. The summed E-state index contributed by atoms with van der Waals surface area (Å²) in [5, 5.41) is 3.17. The van der Waals surface area contributed by atoms with Gasteiger partial charge in [-0.15, -0.1) is 0 Å². The molecule has 4 nitrogen and oxygen atoms in total. The van der Waals surface area contributed by atoms with Crippen LogP contribution in [0.4, 0.5) is 0 Å². The molecule has 3 rings (SSSR count). The Balaban J connectivity index is 1.78. The standard InChI is InChI=1S/C13H22N2O2/c1-14-11-6-5-9-3-2-4-12(9)15(13(11)16)7-10-8-17-10/h9-12,14H,2-8H2,1H3. The minimum Gasteiger partial charge on any atom is -0.371 e. The topological polar surface area (TPSA) is 44.9 Å². The van der Waals surface area contributed by atoms with Crippen LogP contribution in [0.15, 0.2) is 0 Å². The molecular weight excluding hydrogens is 216 g/mol.